The summed E-state index contributed by atoms with van der Waals surface area (Å²) < 4.78 is 8.75. The highest BCUT2D eigenvalue weighted by molar-refractivity contribution is 6.17. The topological polar surface area (TPSA) is 80.6 Å². The molecule has 0 unspecified atom stereocenters. The van der Waals surface area contributed by atoms with Crippen LogP contribution in [0.3, 0.4) is 0 Å². The van der Waals surface area contributed by atoms with Gasteiger partial charge in [0, 0.05) is 49.2 Å². The molecule has 1 aliphatic heterocycles. The molecule has 0 radical (unpaired) electrons. The number of fused-ring (bicyclic) bond motifs is 7. The zero-order valence-electron chi connectivity index (χ0n) is 35.5. The van der Waals surface area contributed by atoms with Gasteiger partial charge in [0.2, 0.25) is 5.95 Å². The van der Waals surface area contributed by atoms with Crippen LogP contribution in [0.5, 0.6) is 0 Å². The normalized spacial score (nSPS) is 13.1. The molecule has 7 nitrogen and oxygen atoms in total. The summed E-state index contributed by atoms with van der Waals surface area (Å²) in [7, 11) is 0. The Balaban J connectivity index is 0.935. The largest absolute Gasteiger partial charge is 0.456 e. The van der Waals surface area contributed by atoms with E-state index in [1.54, 1.807) is 0 Å². The first-order valence-corrected chi connectivity index (χ1v) is 22.2. The van der Waals surface area contributed by atoms with Gasteiger partial charge in [0.15, 0.2) is 6.17 Å². The van der Waals surface area contributed by atoms with Crippen molar-refractivity contribution in [2.45, 2.75) is 6.17 Å². The second-order valence-electron chi connectivity index (χ2n) is 16.6. The van der Waals surface area contributed by atoms with E-state index in [0.717, 1.165) is 111 Å². The predicted octanol–water partition coefficient (Wildman–Crippen LogP) is 14.1. The van der Waals surface area contributed by atoms with E-state index in [-0.39, 0.29) is 0 Å². The summed E-state index contributed by atoms with van der Waals surface area (Å²) in [6.45, 7) is 0. The molecule has 0 saturated heterocycles. The lowest BCUT2D eigenvalue weighted by atomic mass is 9.98. The van der Waals surface area contributed by atoms with E-state index >= 15 is 0 Å². The predicted molar refractivity (Wildman–Crippen MR) is 269 cm³/mol. The van der Waals surface area contributed by atoms with Gasteiger partial charge in [0.1, 0.15) is 22.8 Å². The Morgan fingerprint density at radius 2 is 0.955 bits per heavy atom. The molecule has 310 valence electrons. The van der Waals surface area contributed by atoms with Crippen molar-refractivity contribution in [1.82, 2.24) is 19.9 Å². The number of furan rings is 1. The molecule has 3 aromatic heterocycles. The summed E-state index contributed by atoms with van der Waals surface area (Å²) in [5.74, 6) is 2.17. The highest BCUT2D eigenvalue weighted by Gasteiger charge is 2.25. The number of para-hydroxylation sites is 2. The number of aliphatic imine (C=N–C) groups is 2. The zero-order valence-corrected chi connectivity index (χ0v) is 35.5. The molecule has 7 heteroatoms. The van der Waals surface area contributed by atoms with Gasteiger partial charge in [0.05, 0.1) is 22.2 Å². The molecule has 0 atom stereocenters. The lowest BCUT2D eigenvalue weighted by Gasteiger charge is -2.22. The summed E-state index contributed by atoms with van der Waals surface area (Å²) >= 11 is 0. The van der Waals surface area contributed by atoms with E-state index in [4.69, 9.17) is 24.4 Å². The van der Waals surface area contributed by atoms with Gasteiger partial charge in [-0.1, -0.05) is 176 Å². The molecule has 13 rings (SSSR count). The molecule has 0 saturated carbocycles. The molecule has 9 aromatic carbocycles. The number of rotatable bonds is 7. The first-order chi connectivity index (χ1) is 32.7. The van der Waals surface area contributed by atoms with Crippen molar-refractivity contribution in [3.05, 3.63) is 235 Å². The van der Waals surface area contributed by atoms with Gasteiger partial charge >= 0.3 is 0 Å². The average Bonchev–Trinajstić information content (AvgIpc) is 3.94. The van der Waals surface area contributed by atoms with Crippen LogP contribution >= 0.6 is 0 Å². The molecule has 0 amide bonds. The molecule has 0 spiro atoms. The third kappa shape index (κ3) is 6.36. The van der Waals surface area contributed by atoms with Crippen LogP contribution in [0, 0.1) is 0 Å². The average molecular weight is 847 g/mol. The Morgan fingerprint density at radius 1 is 0.394 bits per heavy atom. The molecule has 1 N–H and O–H groups in total. The summed E-state index contributed by atoms with van der Waals surface area (Å²) in [6, 6.07) is 75.8. The van der Waals surface area contributed by atoms with Crippen molar-refractivity contribution < 1.29 is 4.42 Å². The number of hydrogen-bond acceptors (Lipinski definition) is 6. The molecule has 0 fully saturated rings. The Labute approximate surface area is 379 Å². The summed E-state index contributed by atoms with van der Waals surface area (Å²) in [5, 5.41) is 8.80. The van der Waals surface area contributed by atoms with Crippen molar-refractivity contribution in [3.8, 4) is 39.5 Å². The molecular weight excluding hydrogens is 809 g/mol. The number of aromatic nitrogens is 3. The van der Waals surface area contributed by atoms with Crippen LogP contribution < -0.4 is 5.32 Å². The summed E-state index contributed by atoms with van der Waals surface area (Å²) in [4.78, 5) is 21.0. The van der Waals surface area contributed by atoms with Crippen LogP contribution in [-0.2, 0) is 0 Å². The fourth-order valence-electron chi connectivity index (χ4n) is 9.53. The summed E-state index contributed by atoms with van der Waals surface area (Å²) in [6.07, 6.45) is -0.501. The van der Waals surface area contributed by atoms with E-state index in [1.165, 1.54) is 5.56 Å². The lowest BCUT2D eigenvalue weighted by Crippen LogP contribution is -2.36. The Morgan fingerprint density at radius 3 is 1.68 bits per heavy atom. The highest BCUT2D eigenvalue weighted by atomic mass is 16.3. The number of benzene rings is 9. The molecule has 4 heterocycles. The third-order valence-electron chi connectivity index (χ3n) is 12.7. The first kappa shape index (κ1) is 37.6. The maximum absolute atomic E-state index is 6.55. The molecule has 12 aromatic rings. The van der Waals surface area contributed by atoms with Crippen molar-refractivity contribution in [2.75, 3.05) is 0 Å². The van der Waals surface area contributed by atoms with Gasteiger partial charge in [-0.3, -0.25) is 4.57 Å². The standard InChI is InChI=1S/C59H38N6O/c1-4-15-37(16-5-1)38-27-29-39(30-28-38)55-45-22-10-12-24-49(45)60-59(61-55)65-50-25-13-11-21-44(50)47-35-42(31-33-51(47)65)43-32-34-52-48(36-43)54-46(23-14-26-53(54)66-52)58-63-56(40-17-6-2-7-18-40)62-57(64-58)41-19-8-3-9-20-41/h1-36,58H,(H,62,63,64). The van der Waals surface area contributed by atoms with E-state index in [9.17, 15) is 0 Å². The van der Waals surface area contributed by atoms with Crippen LogP contribution in [0.1, 0.15) is 22.9 Å². The molecule has 66 heavy (non-hydrogen) atoms. The van der Waals surface area contributed by atoms with Crippen LogP contribution in [-0.4, -0.2) is 26.2 Å². The minimum Gasteiger partial charge on any atom is -0.456 e. The summed E-state index contributed by atoms with van der Waals surface area (Å²) in [5.41, 5.74) is 14.0. The van der Waals surface area contributed by atoms with Crippen LogP contribution in [0.15, 0.2) is 233 Å². The first-order valence-electron chi connectivity index (χ1n) is 22.2. The van der Waals surface area contributed by atoms with Gasteiger partial charge in [0.25, 0.3) is 0 Å². The monoisotopic (exact) mass is 846 g/mol. The smallest absolute Gasteiger partial charge is 0.235 e. The van der Waals surface area contributed by atoms with Gasteiger partial charge in [-0.25, -0.2) is 20.0 Å². The van der Waals surface area contributed by atoms with Gasteiger partial charge < -0.3 is 9.73 Å². The number of nitrogens with zero attached hydrogens (tertiary/aromatic N) is 5. The van der Waals surface area contributed by atoms with Gasteiger partial charge in [-0.2, -0.15) is 0 Å². The van der Waals surface area contributed by atoms with Crippen molar-refractivity contribution in [1.29, 1.82) is 0 Å². The fourth-order valence-corrected chi connectivity index (χ4v) is 9.53. The Kier molecular flexibility index (Phi) is 8.77. The van der Waals surface area contributed by atoms with Crippen LogP contribution in [0.2, 0.25) is 0 Å². The third-order valence-corrected chi connectivity index (χ3v) is 12.7. The Hall–Kier alpha value is -8.94. The zero-order chi connectivity index (χ0) is 43.6. The quantitative estimate of drug-likeness (QED) is 0.173. The minimum atomic E-state index is -0.501. The van der Waals surface area contributed by atoms with Gasteiger partial charge in [-0.15, -0.1) is 0 Å². The molecule has 0 bridgehead atoms. The fraction of sp³-hybridized carbons (Fsp3) is 0.0169. The Bertz CT molecular complexity index is 3840. The SMILES string of the molecule is c1ccc(C2=NC(c3cccc4oc5ccc(-c6ccc7c(c6)c6ccccc6n7-c6nc(-c7ccc(-c8ccccc8)cc7)c7ccccc7n6)cc5c34)N=C(c3ccccc3)N2)cc1. The lowest BCUT2D eigenvalue weighted by molar-refractivity contribution is 0.667. The van der Waals surface area contributed by atoms with E-state index in [1.807, 2.05) is 60.7 Å². The van der Waals surface area contributed by atoms with Crippen molar-refractivity contribution in [2.24, 2.45) is 9.98 Å². The second kappa shape index (κ2) is 15.4. The van der Waals surface area contributed by atoms with Crippen molar-refractivity contribution >= 4 is 66.3 Å². The maximum Gasteiger partial charge on any atom is 0.235 e. The number of nitrogens with one attached hydrogen (secondary N) is 1. The van der Waals surface area contributed by atoms with E-state index < -0.39 is 6.17 Å². The van der Waals surface area contributed by atoms with Crippen LogP contribution in [0.25, 0.3) is 94.1 Å². The number of amidine groups is 2. The molecular formula is C59H38N6O. The van der Waals surface area contributed by atoms with Crippen molar-refractivity contribution in [3.63, 3.8) is 0 Å². The maximum atomic E-state index is 6.55. The highest BCUT2D eigenvalue weighted by Crippen LogP contribution is 2.41. The van der Waals surface area contributed by atoms with Crippen LogP contribution in [0.4, 0.5) is 0 Å². The second-order valence-corrected chi connectivity index (χ2v) is 16.6. The molecule has 1 aliphatic rings. The van der Waals surface area contributed by atoms with E-state index in [2.05, 4.69) is 168 Å². The number of hydrogen-bond donors (Lipinski definition) is 1. The minimum absolute atomic E-state index is 0.501. The molecule has 0 aliphatic carbocycles. The van der Waals surface area contributed by atoms with E-state index in [0.29, 0.717) is 5.95 Å². The van der Waals surface area contributed by atoms with Gasteiger partial charge in [-0.05, 0) is 64.7 Å².